The van der Waals surface area contributed by atoms with Gasteiger partial charge in [0.05, 0.1) is 30.8 Å². The van der Waals surface area contributed by atoms with Crippen LogP contribution < -0.4 is 15.4 Å². The number of aromatic nitrogens is 4. The Kier molecular flexibility index (Phi) is 8.56. The largest absolute Gasteiger partial charge is 0.493 e. The van der Waals surface area contributed by atoms with Crippen LogP contribution in [0.4, 0.5) is 10.6 Å². The number of carboxylic acid groups (broad SMARTS) is 1. The van der Waals surface area contributed by atoms with Gasteiger partial charge in [-0.25, -0.2) is 9.78 Å². The Bertz CT molecular complexity index is 1580. The predicted molar refractivity (Wildman–Crippen MR) is 158 cm³/mol. The molecular weight excluding hydrogens is 536 g/mol. The fraction of sp³-hybridized carbons (Fsp3) is 0.387. The number of alkyl carbamates (subject to hydrolysis) is 1. The summed E-state index contributed by atoms with van der Waals surface area (Å²) >= 11 is 0. The Morgan fingerprint density at radius 3 is 2.81 bits per heavy atom. The molecule has 0 saturated heterocycles. The molecular formula is C31H36N6O5. The number of hydrogen-bond donors (Lipinski definition) is 3. The van der Waals surface area contributed by atoms with E-state index in [2.05, 4.69) is 32.8 Å². The lowest BCUT2D eigenvalue weighted by molar-refractivity contribution is -0.137. The van der Waals surface area contributed by atoms with Crippen molar-refractivity contribution in [2.75, 3.05) is 18.5 Å². The zero-order valence-corrected chi connectivity index (χ0v) is 24.1. The first kappa shape index (κ1) is 28.8. The first-order valence-electron chi connectivity index (χ1n) is 14.1. The molecule has 5 rings (SSSR count). The fourth-order valence-electron chi connectivity index (χ4n) is 4.94. The molecule has 220 valence electrons. The lowest BCUT2D eigenvalue weighted by Gasteiger charge is -2.20. The van der Waals surface area contributed by atoms with Crippen molar-refractivity contribution in [1.29, 1.82) is 0 Å². The van der Waals surface area contributed by atoms with E-state index in [0.29, 0.717) is 29.9 Å². The van der Waals surface area contributed by atoms with Crippen LogP contribution in [0.15, 0.2) is 55.0 Å². The van der Waals surface area contributed by atoms with Crippen LogP contribution in [0.1, 0.15) is 62.0 Å². The van der Waals surface area contributed by atoms with Crippen molar-refractivity contribution in [3.63, 3.8) is 0 Å². The molecule has 1 atom stereocenters. The van der Waals surface area contributed by atoms with Crippen LogP contribution in [0.25, 0.3) is 10.9 Å². The molecule has 0 radical (unpaired) electrons. The third-order valence-electron chi connectivity index (χ3n) is 6.85. The van der Waals surface area contributed by atoms with E-state index >= 15 is 0 Å². The maximum atomic E-state index is 12.1. The van der Waals surface area contributed by atoms with E-state index < -0.39 is 23.7 Å². The molecule has 1 amide bonds. The maximum Gasteiger partial charge on any atom is 0.407 e. The number of nitrogens with zero attached hydrogens (tertiary/aromatic N) is 4. The molecule has 4 heterocycles. The van der Waals surface area contributed by atoms with Gasteiger partial charge in [0.1, 0.15) is 17.2 Å². The second-order valence-corrected chi connectivity index (χ2v) is 11.3. The van der Waals surface area contributed by atoms with Crippen molar-refractivity contribution in [2.45, 2.75) is 64.6 Å². The minimum absolute atomic E-state index is 0.188. The number of carbonyl (C=O) groups excluding carboxylic acids is 1. The van der Waals surface area contributed by atoms with Gasteiger partial charge in [0.2, 0.25) is 0 Å². The summed E-state index contributed by atoms with van der Waals surface area (Å²) in [6.45, 7) is 6.99. The molecule has 1 aliphatic heterocycles. The summed E-state index contributed by atoms with van der Waals surface area (Å²) in [6, 6.07) is 11.1. The van der Waals surface area contributed by atoms with Crippen molar-refractivity contribution in [3.8, 4) is 5.75 Å². The van der Waals surface area contributed by atoms with Gasteiger partial charge in [0.25, 0.3) is 0 Å². The average Bonchev–Trinajstić information content (AvgIpc) is 3.37. The molecule has 4 aromatic rings. The van der Waals surface area contributed by atoms with E-state index in [-0.39, 0.29) is 13.0 Å². The first-order chi connectivity index (χ1) is 20.1. The molecule has 0 saturated carbocycles. The number of benzene rings is 1. The molecule has 3 N–H and O–H groups in total. The molecule has 0 fully saturated rings. The number of aryl methyl sites for hydroxylation is 1. The topological polar surface area (TPSA) is 140 Å². The highest BCUT2D eigenvalue weighted by molar-refractivity contribution is 5.81. The quantitative estimate of drug-likeness (QED) is 0.242. The summed E-state index contributed by atoms with van der Waals surface area (Å²) in [5, 5.41) is 21.2. The van der Waals surface area contributed by atoms with E-state index in [0.717, 1.165) is 41.8 Å². The minimum Gasteiger partial charge on any atom is -0.493 e. The number of fused-ring (bicyclic) bond motifs is 2. The van der Waals surface area contributed by atoms with E-state index in [9.17, 15) is 14.7 Å². The van der Waals surface area contributed by atoms with Crippen LogP contribution in [0.2, 0.25) is 0 Å². The van der Waals surface area contributed by atoms with Gasteiger partial charge >= 0.3 is 12.1 Å². The second-order valence-electron chi connectivity index (χ2n) is 11.3. The SMILES string of the molecule is CC(C)(C)OC(=O)NCc1cncc(C(CC(=O)O)n2ncc3cc(OCCc4ccc5c(n4)NCCC5)ccc32)c1. The molecule has 1 aromatic carbocycles. The van der Waals surface area contributed by atoms with Crippen LogP contribution in [0.5, 0.6) is 5.75 Å². The monoisotopic (exact) mass is 572 g/mol. The van der Waals surface area contributed by atoms with Crippen molar-refractivity contribution >= 4 is 28.8 Å². The van der Waals surface area contributed by atoms with Crippen LogP contribution in [0.3, 0.4) is 0 Å². The Labute approximate surface area is 244 Å². The van der Waals surface area contributed by atoms with Gasteiger partial charge in [-0.1, -0.05) is 6.07 Å². The number of nitrogens with one attached hydrogen (secondary N) is 2. The highest BCUT2D eigenvalue weighted by Gasteiger charge is 2.22. The van der Waals surface area contributed by atoms with Crippen LogP contribution in [-0.2, 0) is 28.9 Å². The molecule has 42 heavy (non-hydrogen) atoms. The van der Waals surface area contributed by atoms with Crippen LogP contribution >= 0.6 is 0 Å². The Balaban J connectivity index is 1.28. The third kappa shape index (κ3) is 7.34. The van der Waals surface area contributed by atoms with Crippen molar-refractivity contribution < 1.29 is 24.2 Å². The zero-order valence-electron chi connectivity index (χ0n) is 24.1. The van der Waals surface area contributed by atoms with Gasteiger partial charge < -0.3 is 25.2 Å². The van der Waals surface area contributed by atoms with Gasteiger partial charge in [-0.15, -0.1) is 0 Å². The number of aliphatic carboxylic acids is 1. The summed E-state index contributed by atoms with van der Waals surface area (Å²) in [5.74, 6) is 0.709. The summed E-state index contributed by atoms with van der Waals surface area (Å²) in [6.07, 6.45) is 7.09. The molecule has 1 aliphatic rings. The molecule has 3 aromatic heterocycles. The number of ether oxygens (including phenoxy) is 2. The summed E-state index contributed by atoms with van der Waals surface area (Å²) in [5.41, 5.74) is 3.77. The van der Waals surface area contributed by atoms with Crippen molar-refractivity contribution in [3.05, 3.63) is 77.4 Å². The molecule has 0 spiro atoms. The van der Waals surface area contributed by atoms with E-state index in [1.807, 2.05) is 24.3 Å². The Morgan fingerprint density at radius 2 is 2.00 bits per heavy atom. The summed E-state index contributed by atoms with van der Waals surface area (Å²) < 4.78 is 13.0. The number of carboxylic acids is 1. The molecule has 1 unspecified atom stereocenters. The standard InChI is InChI=1S/C31H36N6O5/c1-31(2,3)42-30(40)34-17-20-13-22(18-32-16-20)27(15-28(38)39)37-26-9-8-25(14-23(26)19-35-37)41-12-10-24-7-6-21-5-4-11-33-29(21)36-24/h6-9,13-14,16,18-19,27H,4-5,10-12,15,17H2,1-3H3,(H,33,36)(H,34,40)(H,38,39). The predicted octanol–water partition coefficient (Wildman–Crippen LogP) is 4.89. The van der Waals surface area contributed by atoms with Gasteiger partial charge in [-0.3, -0.25) is 14.5 Å². The van der Waals surface area contributed by atoms with Crippen molar-refractivity contribution in [1.82, 2.24) is 25.1 Å². The second kappa shape index (κ2) is 12.5. The molecule has 11 heteroatoms. The highest BCUT2D eigenvalue weighted by atomic mass is 16.6. The van der Waals surface area contributed by atoms with E-state index in [1.165, 1.54) is 5.56 Å². The number of carbonyl (C=O) groups is 2. The number of pyridine rings is 2. The zero-order chi connectivity index (χ0) is 29.7. The maximum absolute atomic E-state index is 12.1. The van der Waals surface area contributed by atoms with Crippen molar-refractivity contribution in [2.24, 2.45) is 0 Å². The highest BCUT2D eigenvalue weighted by Crippen LogP contribution is 2.29. The summed E-state index contributed by atoms with van der Waals surface area (Å²) in [4.78, 5) is 33.0. The average molecular weight is 573 g/mol. The lowest BCUT2D eigenvalue weighted by atomic mass is 10.0. The number of hydrogen-bond acceptors (Lipinski definition) is 8. The molecule has 0 aliphatic carbocycles. The Hall–Kier alpha value is -4.67. The number of amides is 1. The van der Waals surface area contributed by atoms with Crippen LogP contribution in [-0.4, -0.2) is 55.7 Å². The molecule has 11 nitrogen and oxygen atoms in total. The smallest absolute Gasteiger partial charge is 0.407 e. The van der Waals surface area contributed by atoms with Gasteiger partial charge in [0.15, 0.2) is 0 Å². The van der Waals surface area contributed by atoms with Gasteiger partial charge in [-0.05, 0) is 80.6 Å². The third-order valence-corrected chi connectivity index (χ3v) is 6.85. The fourth-order valence-corrected chi connectivity index (χ4v) is 4.94. The normalized spacial score (nSPS) is 13.6. The van der Waals surface area contributed by atoms with E-state index in [1.54, 1.807) is 44.0 Å². The first-order valence-corrected chi connectivity index (χ1v) is 14.1. The lowest BCUT2D eigenvalue weighted by Crippen LogP contribution is -2.32. The minimum atomic E-state index is -0.966. The summed E-state index contributed by atoms with van der Waals surface area (Å²) in [7, 11) is 0. The molecule has 0 bridgehead atoms. The van der Waals surface area contributed by atoms with Crippen LogP contribution in [0, 0.1) is 0 Å². The number of rotatable bonds is 10. The number of anilines is 1. The van der Waals surface area contributed by atoms with Gasteiger partial charge in [-0.2, -0.15) is 5.10 Å². The van der Waals surface area contributed by atoms with E-state index in [4.69, 9.17) is 14.5 Å². The Morgan fingerprint density at radius 1 is 1.14 bits per heavy atom. The van der Waals surface area contributed by atoms with Gasteiger partial charge in [0, 0.05) is 43.0 Å².